The van der Waals surface area contributed by atoms with Gasteiger partial charge in [-0.25, -0.2) is 4.39 Å². The van der Waals surface area contributed by atoms with E-state index in [4.69, 9.17) is 0 Å². The molecule has 20 heavy (non-hydrogen) atoms. The predicted octanol–water partition coefficient (Wildman–Crippen LogP) is 2.35. The Morgan fingerprint density at radius 2 is 1.80 bits per heavy atom. The first kappa shape index (κ1) is 15.3. The number of hydrogen-bond donors (Lipinski definition) is 1. The maximum absolute atomic E-state index is 13.8. The van der Waals surface area contributed by atoms with Crippen LogP contribution < -0.4 is 4.90 Å². The minimum Gasteiger partial charge on any atom is -0.389 e. The molecule has 1 saturated heterocycles. The van der Waals surface area contributed by atoms with E-state index >= 15 is 0 Å². The fourth-order valence-electron chi connectivity index (χ4n) is 2.49. The summed E-state index contributed by atoms with van der Waals surface area (Å²) in [5, 5.41) is 10.4. The van der Waals surface area contributed by atoms with Crippen LogP contribution in [0.4, 0.5) is 10.1 Å². The van der Waals surface area contributed by atoms with Crippen LogP contribution in [-0.4, -0.2) is 48.3 Å². The van der Waals surface area contributed by atoms with Gasteiger partial charge in [0.25, 0.3) is 0 Å². The molecule has 1 aliphatic rings. The van der Waals surface area contributed by atoms with Gasteiger partial charge in [-0.05, 0) is 25.0 Å². The summed E-state index contributed by atoms with van der Waals surface area (Å²) in [6, 6.07) is 6.92. The minimum absolute atomic E-state index is 0.157. The molecule has 1 fully saturated rings. The van der Waals surface area contributed by atoms with Gasteiger partial charge in [0, 0.05) is 32.7 Å². The zero-order chi connectivity index (χ0) is 14.8. The van der Waals surface area contributed by atoms with Gasteiger partial charge in [0.05, 0.1) is 11.3 Å². The number of piperazine rings is 1. The molecule has 1 atom stereocenters. The second kappa shape index (κ2) is 6.10. The molecule has 112 valence electrons. The molecule has 1 unspecified atom stereocenters. The van der Waals surface area contributed by atoms with Crippen molar-refractivity contribution in [3.63, 3.8) is 0 Å². The molecule has 0 bridgehead atoms. The number of nitrogens with zero attached hydrogens (tertiary/aromatic N) is 2. The van der Waals surface area contributed by atoms with Crippen molar-refractivity contribution in [2.45, 2.75) is 26.4 Å². The number of anilines is 1. The first-order valence-corrected chi connectivity index (χ1v) is 7.34. The first-order valence-electron chi connectivity index (χ1n) is 7.34. The fraction of sp³-hybridized carbons (Fsp3) is 0.625. The van der Waals surface area contributed by atoms with Crippen LogP contribution in [0.25, 0.3) is 0 Å². The van der Waals surface area contributed by atoms with Crippen molar-refractivity contribution in [2.75, 3.05) is 37.6 Å². The van der Waals surface area contributed by atoms with Gasteiger partial charge in [0.1, 0.15) is 5.82 Å². The third-order valence-electron chi connectivity index (χ3n) is 4.35. The van der Waals surface area contributed by atoms with E-state index in [-0.39, 0.29) is 11.7 Å². The lowest BCUT2D eigenvalue weighted by Crippen LogP contribution is -2.52. The Morgan fingerprint density at radius 1 is 1.20 bits per heavy atom. The first-order chi connectivity index (χ1) is 9.40. The summed E-state index contributed by atoms with van der Waals surface area (Å²) in [5.41, 5.74) is 0.0166. The van der Waals surface area contributed by atoms with E-state index in [1.807, 2.05) is 32.9 Å². The maximum Gasteiger partial charge on any atom is 0.146 e. The van der Waals surface area contributed by atoms with E-state index < -0.39 is 5.60 Å². The summed E-state index contributed by atoms with van der Waals surface area (Å²) >= 11 is 0. The van der Waals surface area contributed by atoms with E-state index in [2.05, 4.69) is 9.80 Å². The van der Waals surface area contributed by atoms with Gasteiger partial charge in [-0.2, -0.15) is 0 Å². The zero-order valence-corrected chi connectivity index (χ0v) is 12.6. The molecule has 0 spiro atoms. The number of rotatable bonds is 4. The van der Waals surface area contributed by atoms with Gasteiger partial charge in [-0.15, -0.1) is 0 Å². The minimum atomic E-state index is -0.667. The van der Waals surface area contributed by atoms with Gasteiger partial charge in [0.15, 0.2) is 0 Å². The lowest BCUT2D eigenvalue weighted by molar-refractivity contribution is -0.0198. The van der Waals surface area contributed by atoms with E-state index in [0.717, 1.165) is 26.2 Å². The molecular weight excluding hydrogens is 255 g/mol. The van der Waals surface area contributed by atoms with Crippen LogP contribution in [0.3, 0.4) is 0 Å². The normalized spacial score (nSPS) is 20.2. The molecule has 1 aromatic carbocycles. The number of halogens is 1. The van der Waals surface area contributed by atoms with Crippen LogP contribution in [0.1, 0.15) is 20.8 Å². The second-order valence-electron chi connectivity index (χ2n) is 6.23. The number of hydrogen-bond acceptors (Lipinski definition) is 3. The molecule has 0 radical (unpaired) electrons. The monoisotopic (exact) mass is 280 g/mol. The highest BCUT2D eigenvalue weighted by molar-refractivity contribution is 5.47. The summed E-state index contributed by atoms with van der Waals surface area (Å²) < 4.78 is 13.8. The third kappa shape index (κ3) is 3.49. The Balaban J connectivity index is 1.92. The highest BCUT2D eigenvalue weighted by Crippen LogP contribution is 2.22. The lowest BCUT2D eigenvalue weighted by atomic mass is 9.92. The molecular formula is C16H25FN2O. The maximum atomic E-state index is 13.8. The number of aliphatic hydroxyl groups is 1. The second-order valence-corrected chi connectivity index (χ2v) is 6.23. The molecule has 0 saturated carbocycles. The Hall–Kier alpha value is -1.13. The van der Waals surface area contributed by atoms with Crippen molar-refractivity contribution < 1.29 is 9.50 Å². The highest BCUT2D eigenvalue weighted by atomic mass is 19.1. The van der Waals surface area contributed by atoms with Crippen molar-refractivity contribution in [3.8, 4) is 0 Å². The van der Waals surface area contributed by atoms with E-state index in [0.29, 0.717) is 12.2 Å². The molecule has 0 aromatic heterocycles. The predicted molar refractivity (Wildman–Crippen MR) is 80.5 cm³/mol. The van der Waals surface area contributed by atoms with Gasteiger partial charge in [-0.3, -0.25) is 4.90 Å². The Kier molecular flexibility index (Phi) is 4.66. The molecule has 0 amide bonds. The average molecular weight is 280 g/mol. The Morgan fingerprint density at radius 3 is 2.35 bits per heavy atom. The van der Waals surface area contributed by atoms with Crippen molar-refractivity contribution in [2.24, 2.45) is 5.92 Å². The largest absolute Gasteiger partial charge is 0.389 e. The SMILES string of the molecule is CC(C)C(C)(O)CN1CCN(c2ccccc2F)CC1. The molecule has 1 aromatic rings. The van der Waals surface area contributed by atoms with E-state index in [1.54, 1.807) is 6.07 Å². The molecule has 1 aliphatic heterocycles. The molecule has 1 heterocycles. The van der Waals surface area contributed by atoms with Crippen molar-refractivity contribution in [3.05, 3.63) is 30.1 Å². The topological polar surface area (TPSA) is 26.7 Å². The number of β-amino-alcohol motifs (C(OH)–C–C–N with tert-alkyl or cyclic N) is 1. The summed E-state index contributed by atoms with van der Waals surface area (Å²) in [7, 11) is 0. The summed E-state index contributed by atoms with van der Waals surface area (Å²) in [5.74, 6) is 0.0715. The van der Waals surface area contributed by atoms with Crippen molar-refractivity contribution in [1.82, 2.24) is 4.90 Å². The Labute approximate surface area is 121 Å². The lowest BCUT2D eigenvalue weighted by Gasteiger charge is -2.40. The molecule has 3 nitrogen and oxygen atoms in total. The van der Waals surface area contributed by atoms with Gasteiger partial charge in [0.2, 0.25) is 0 Å². The smallest absolute Gasteiger partial charge is 0.146 e. The van der Waals surface area contributed by atoms with Gasteiger partial charge < -0.3 is 10.0 Å². The fourth-order valence-corrected chi connectivity index (χ4v) is 2.49. The van der Waals surface area contributed by atoms with Crippen LogP contribution in [0, 0.1) is 11.7 Å². The standard InChI is InChI=1S/C16H25FN2O/c1-13(2)16(3,20)12-18-8-10-19(11-9-18)15-7-5-4-6-14(15)17/h4-7,13,20H,8-12H2,1-3H3. The van der Waals surface area contributed by atoms with E-state index in [1.165, 1.54) is 6.07 Å². The van der Waals surface area contributed by atoms with Crippen LogP contribution >= 0.6 is 0 Å². The third-order valence-corrected chi connectivity index (χ3v) is 4.35. The molecule has 0 aliphatic carbocycles. The molecule has 1 N–H and O–H groups in total. The number of benzene rings is 1. The van der Waals surface area contributed by atoms with Crippen LogP contribution in [-0.2, 0) is 0 Å². The van der Waals surface area contributed by atoms with E-state index in [9.17, 15) is 9.50 Å². The van der Waals surface area contributed by atoms with Crippen LogP contribution in [0.5, 0.6) is 0 Å². The highest BCUT2D eigenvalue weighted by Gasteiger charge is 2.29. The number of para-hydroxylation sites is 1. The quantitative estimate of drug-likeness (QED) is 0.917. The average Bonchev–Trinajstić information content (AvgIpc) is 2.40. The van der Waals surface area contributed by atoms with Crippen molar-refractivity contribution in [1.29, 1.82) is 0 Å². The molecule has 4 heteroatoms. The zero-order valence-electron chi connectivity index (χ0n) is 12.6. The Bertz CT molecular complexity index is 440. The summed E-state index contributed by atoms with van der Waals surface area (Å²) in [6.45, 7) is 9.96. The van der Waals surface area contributed by atoms with Gasteiger partial charge in [-0.1, -0.05) is 26.0 Å². The van der Waals surface area contributed by atoms with Crippen LogP contribution in [0.15, 0.2) is 24.3 Å². The van der Waals surface area contributed by atoms with Crippen LogP contribution in [0.2, 0.25) is 0 Å². The summed E-state index contributed by atoms with van der Waals surface area (Å²) in [4.78, 5) is 4.34. The summed E-state index contributed by atoms with van der Waals surface area (Å²) in [6.07, 6.45) is 0. The van der Waals surface area contributed by atoms with Crippen molar-refractivity contribution >= 4 is 5.69 Å². The molecule has 2 rings (SSSR count). The van der Waals surface area contributed by atoms with Gasteiger partial charge >= 0.3 is 0 Å².